The van der Waals surface area contributed by atoms with Gasteiger partial charge >= 0.3 is 0 Å². The number of hydrogen-bond acceptors (Lipinski definition) is 8. The number of pyridine rings is 1. The predicted octanol–water partition coefficient (Wildman–Crippen LogP) is 4.72. The molecule has 1 aliphatic heterocycles. The summed E-state index contributed by atoms with van der Waals surface area (Å²) in [5, 5.41) is 12.4. The summed E-state index contributed by atoms with van der Waals surface area (Å²) in [4.78, 5) is 26.3. The van der Waals surface area contributed by atoms with E-state index < -0.39 is 0 Å². The first-order valence-electron chi connectivity index (χ1n) is 10.6. The summed E-state index contributed by atoms with van der Waals surface area (Å²) >= 11 is 3.24. The van der Waals surface area contributed by atoms with Gasteiger partial charge < -0.3 is 14.2 Å². The zero-order valence-electron chi connectivity index (χ0n) is 18.0. The SMILES string of the molecule is Cc1csc(SCc2c(C(=O)N3CCN(c4ncccc4C#N)CC3)oc3ccccc23)n1. The molecule has 9 heteroatoms. The highest BCUT2D eigenvalue weighted by Gasteiger charge is 2.29. The highest BCUT2D eigenvalue weighted by atomic mass is 32.2. The lowest BCUT2D eigenvalue weighted by molar-refractivity contribution is 0.0715. The maximum atomic E-state index is 13.5. The lowest BCUT2D eigenvalue weighted by Gasteiger charge is -2.35. The number of nitriles is 1. The van der Waals surface area contributed by atoms with Gasteiger partial charge in [0.2, 0.25) is 0 Å². The highest BCUT2D eigenvalue weighted by Crippen LogP contribution is 2.34. The summed E-state index contributed by atoms with van der Waals surface area (Å²) in [7, 11) is 0. The van der Waals surface area contributed by atoms with Gasteiger partial charge in [-0.1, -0.05) is 30.0 Å². The van der Waals surface area contributed by atoms with Crippen LogP contribution in [0.1, 0.15) is 27.4 Å². The zero-order chi connectivity index (χ0) is 22.8. The van der Waals surface area contributed by atoms with Crippen LogP contribution in [0.25, 0.3) is 11.0 Å². The molecule has 4 aromatic rings. The minimum atomic E-state index is -0.0988. The number of para-hydroxylation sites is 1. The number of piperazine rings is 1. The number of aryl methyl sites for hydroxylation is 1. The number of amides is 1. The molecule has 0 spiro atoms. The number of aromatic nitrogens is 2. The van der Waals surface area contributed by atoms with E-state index in [1.54, 1.807) is 41.4 Å². The van der Waals surface area contributed by atoms with Crippen LogP contribution in [0.3, 0.4) is 0 Å². The number of nitrogens with zero attached hydrogens (tertiary/aromatic N) is 5. The molecule has 0 aliphatic carbocycles. The molecule has 0 bridgehead atoms. The summed E-state index contributed by atoms with van der Waals surface area (Å²) in [6.45, 7) is 4.28. The van der Waals surface area contributed by atoms with Gasteiger partial charge in [0, 0.05) is 60.2 Å². The van der Waals surface area contributed by atoms with E-state index in [9.17, 15) is 10.1 Å². The molecule has 0 N–H and O–H groups in total. The van der Waals surface area contributed by atoms with E-state index >= 15 is 0 Å². The third-order valence-electron chi connectivity index (χ3n) is 5.60. The van der Waals surface area contributed by atoms with E-state index in [-0.39, 0.29) is 5.91 Å². The molecule has 4 heterocycles. The van der Waals surface area contributed by atoms with Crippen LogP contribution in [0.5, 0.6) is 0 Å². The first-order valence-corrected chi connectivity index (χ1v) is 12.4. The summed E-state index contributed by atoms with van der Waals surface area (Å²) in [6, 6.07) is 13.5. The van der Waals surface area contributed by atoms with Crippen molar-refractivity contribution in [2.45, 2.75) is 17.0 Å². The van der Waals surface area contributed by atoms with Crippen molar-refractivity contribution >= 4 is 45.8 Å². The van der Waals surface area contributed by atoms with Gasteiger partial charge in [-0.15, -0.1) is 11.3 Å². The maximum absolute atomic E-state index is 13.5. The largest absolute Gasteiger partial charge is 0.451 e. The quantitative estimate of drug-likeness (QED) is 0.386. The molecule has 5 rings (SSSR count). The number of rotatable bonds is 5. The van der Waals surface area contributed by atoms with Crippen molar-refractivity contribution in [1.82, 2.24) is 14.9 Å². The average Bonchev–Trinajstić information content (AvgIpc) is 3.45. The van der Waals surface area contributed by atoms with Crippen LogP contribution in [0, 0.1) is 18.3 Å². The van der Waals surface area contributed by atoms with Gasteiger partial charge in [0.15, 0.2) is 5.76 Å². The number of anilines is 1. The number of hydrogen-bond donors (Lipinski definition) is 0. The van der Waals surface area contributed by atoms with Crippen LogP contribution < -0.4 is 4.90 Å². The second-order valence-corrected chi connectivity index (χ2v) is 9.80. The van der Waals surface area contributed by atoms with Gasteiger partial charge in [0.05, 0.1) is 5.56 Å². The number of carbonyl (C=O) groups is 1. The van der Waals surface area contributed by atoms with Crippen molar-refractivity contribution < 1.29 is 9.21 Å². The van der Waals surface area contributed by atoms with E-state index in [2.05, 4.69) is 20.9 Å². The smallest absolute Gasteiger partial charge is 0.290 e. The van der Waals surface area contributed by atoms with Gasteiger partial charge in [-0.3, -0.25) is 4.79 Å². The molecule has 1 fully saturated rings. The average molecular weight is 476 g/mol. The molecular weight excluding hydrogens is 454 g/mol. The standard InChI is InChI=1S/C24H21N5O2S2/c1-16-14-32-24(27-16)33-15-19-18-6-2-3-7-20(18)31-21(19)23(30)29-11-9-28(10-12-29)22-17(13-25)5-4-8-26-22/h2-8,14H,9-12,15H2,1H3. The van der Waals surface area contributed by atoms with Crippen molar-refractivity contribution in [3.05, 3.63) is 70.6 Å². The van der Waals surface area contributed by atoms with Gasteiger partial charge in [0.1, 0.15) is 21.8 Å². The predicted molar refractivity (Wildman–Crippen MR) is 130 cm³/mol. The molecule has 0 radical (unpaired) electrons. The van der Waals surface area contributed by atoms with Crippen molar-refractivity contribution in [2.24, 2.45) is 0 Å². The number of thiazole rings is 1. The molecule has 1 saturated heterocycles. The molecule has 0 saturated carbocycles. The van der Waals surface area contributed by atoms with Crippen molar-refractivity contribution in [3.63, 3.8) is 0 Å². The van der Waals surface area contributed by atoms with Crippen LogP contribution in [-0.4, -0.2) is 47.0 Å². The Balaban J connectivity index is 1.36. The Morgan fingerprint density at radius 3 is 2.79 bits per heavy atom. The van der Waals surface area contributed by atoms with Gasteiger partial charge in [-0.2, -0.15) is 5.26 Å². The number of furan rings is 1. The number of thioether (sulfide) groups is 1. The van der Waals surface area contributed by atoms with E-state index in [0.29, 0.717) is 49.1 Å². The second kappa shape index (κ2) is 9.25. The summed E-state index contributed by atoms with van der Waals surface area (Å²) in [6.07, 6.45) is 1.69. The topological polar surface area (TPSA) is 86.3 Å². The Kier molecular flexibility index (Phi) is 6.03. The minimum absolute atomic E-state index is 0.0988. The number of carbonyl (C=O) groups excluding carboxylic acids is 1. The van der Waals surface area contributed by atoms with E-state index in [1.807, 2.05) is 41.5 Å². The van der Waals surface area contributed by atoms with E-state index in [1.165, 1.54) is 0 Å². The lowest BCUT2D eigenvalue weighted by Crippen LogP contribution is -2.49. The first kappa shape index (κ1) is 21.5. The number of fused-ring (bicyclic) bond motifs is 1. The van der Waals surface area contributed by atoms with Crippen molar-refractivity contribution in [2.75, 3.05) is 31.1 Å². The lowest BCUT2D eigenvalue weighted by atomic mass is 10.1. The van der Waals surface area contributed by atoms with Crippen LogP contribution in [0.4, 0.5) is 5.82 Å². The molecule has 7 nitrogen and oxygen atoms in total. The minimum Gasteiger partial charge on any atom is -0.451 e. The van der Waals surface area contributed by atoms with E-state index in [0.717, 1.165) is 26.6 Å². The molecule has 1 aromatic carbocycles. The normalized spacial score (nSPS) is 13.9. The summed E-state index contributed by atoms with van der Waals surface area (Å²) in [5.41, 5.74) is 3.18. The Morgan fingerprint density at radius 2 is 2.03 bits per heavy atom. The van der Waals surface area contributed by atoms with E-state index in [4.69, 9.17) is 4.42 Å². The van der Waals surface area contributed by atoms with Gasteiger partial charge in [0.25, 0.3) is 5.91 Å². The van der Waals surface area contributed by atoms with Crippen LogP contribution in [0.15, 0.2) is 56.7 Å². The second-order valence-electron chi connectivity index (χ2n) is 7.71. The molecule has 1 amide bonds. The Morgan fingerprint density at radius 1 is 1.21 bits per heavy atom. The molecule has 3 aromatic heterocycles. The molecule has 166 valence electrons. The van der Waals surface area contributed by atoms with Crippen LogP contribution in [0.2, 0.25) is 0 Å². The summed E-state index contributed by atoms with van der Waals surface area (Å²) < 4.78 is 7.05. The molecule has 1 aliphatic rings. The van der Waals surface area contributed by atoms with Crippen molar-refractivity contribution in [3.8, 4) is 6.07 Å². The van der Waals surface area contributed by atoms with Crippen LogP contribution in [-0.2, 0) is 5.75 Å². The molecule has 33 heavy (non-hydrogen) atoms. The van der Waals surface area contributed by atoms with Crippen LogP contribution >= 0.6 is 23.1 Å². The van der Waals surface area contributed by atoms with Crippen molar-refractivity contribution in [1.29, 1.82) is 5.26 Å². The zero-order valence-corrected chi connectivity index (χ0v) is 19.7. The van der Waals surface area contributed by atoms with Gasteiger partial charge in [-0.05, 0) is 25.1 Å². The highest BCUT2D eigenvalue weighted by molar-refractivity contribution is 8.00. The Labute approximate surface area is 199 Å². The fourth-order valence-electron chi connectivity index (χ4n) is 3.95. The Hall–Kier alpha value is -3.35. The molecular formula is C24H21N5O2S2. The fourth-order valence-corrected chi connectivity index (χ4v) is 5.83. The molecule has 0 atom stereocenters. The third-order valence-corrected chi connectivity index (χ3v) is 7.77. The monoisotopic (exact) mass is 475 g/mol. The fraction of sp³-hybridized carbons (Fsp3) is 0.250. The third kappa shape index (κ3) is 4.32. The van der Waals surface area contributed by atoms with Gasteiger partial charge in [-0.25, -0.2) is 9.97 Å². The number of benzene rings is 1. The molecule has 0 unspecified atom stereocenters. The first-order chi connectivity index (χ1) is 16.1. The Bertz CT molecular complexity index is 1350. The summed E-state index contributed by atoms with van der Waals surface area (Å²) in [5.74, 6) is 1.59. The maximum Gasteiger partial charge on any atom is 0.290 e.